The molecule has 4 heteroatoms. The zero-order chi connectivity index (χ0) is 19.9. The maximum absolute atomic E-state index is 12.3. The predicted octanol–water partition coefficient (Wildman–Crippen LogP) is 7.33. The highest BCUT2D eigenvalue weighted by Crippen LogP contribution is 2.26. The van der Waals surface area contributed by atoms with Crippen LogP contribution in [-0.2, 0) is 4.74 Å². The average molecular weight is 394 g/mol. The van der Waals surface area contributed by atoms with E-state index in [1.54, 1.807) is 13.2 Å². The van der Waals surface area contributed by atoms with E-state index in [-0.39, 0.29) is 12.1 Å². The van der Waals surface area contributed by atoms with E-state index in [2.05, 4.69) is 6.92 Å². The Morgan fingerprint density at radius 1 is 0.821 bits per heavy atom. The lowest BCUT2D eigenvalue weighted by molar-refractivity contribution is 0.0494. The van der Waals surface area contributed by atoms with Gasteiger partial charge in [-0.2, -0.15) is 0 Å². The second-order valence-electron chi connectivity index (χ2n) is 7.61. The Labute approximate surface area is 173 Å². The van der Waals surface area contributed by atoms with Crippen LogP contribution in [0.25, 0.3) is 0 Å². The van der Waals surface area contributed by atoms with Crippen molar-refractivity contribution in [3.63, 3.8) is 0 Å². The normalized spacial score (nSPS) is 10.4. The van der Waals surface area contributed by atoms with Gasteiger partial charge < -0.3 is 15.6 Å². The van der Waals surface area contributed by atoms with Crippen LogP contribution in [0.1, 0.15) is 105 Å². The standard InChI is InChI=1S/C24H40O3.H3N/c1-5-6-7-8-9-10-11-12-13-14-15-16-19-27-24(25)22-18-17-20(2)21(3)23(22)26-4;/h17-18H,5-16,19H2,1-4H3;1H3. The van der Waals surface area contributed by atoms with Crippen molar-refractivity contribution >= 4 is 5.97 Å². The molecular weight excluding hydrogens is 350 g/mol. The Morgan fingerprint density at radius 3 is 1.82 bits per heavy atom. The molecule has 0 amide bonds. The van der Waals surface area contributed by atoms with Gasteiger partial charge in [0.2, 0.25) is 0 Å². The minimum Gasteiger partial charge on any atom is -0.496 e. The SMILES string of the molecule is CCCCCCCCCCCCCCOC(=O)c1ccc(C)c(C)c1OC.N. The van der Waals surface area contributed by atoms with E-state index in [0.717, 1.165) is 24.0 Å². The molecule has 0 fully saturated rings. The molecule has 1 rings (SSSR count). The van der Waals surface area contributed by atoms with Gasteiger partial charge in [0.1, 0.15) is 11.3 Å². The van der Waals surface area contributed by atoms with Crippen molar-refractivity contribution in [3.8, 4) is 5.75 Å². The van der Waals surface area contributed by atoms with Gasteiger partial charge in [-0.3, -0.25) is 0 Å². The van der Waals surface area contributed by atoms with E-state index in [1.165, 1.54) is 64.2 Å². The molecule has 0 unspecified atom stereocenters. The third-order valence-corrected chi connectivity index (χ3v) is 5.33. The van der Waals surface area contributed by atoms with E-state index in [0.29, 0.717) is 17.9 Å². The third-order valence-electron chi connectivity index (χ3n) is 5.33. The summed E-state index contributed by atoms with van der Waals surface area (Å²) in [4.78, 5) is 12.3. The van der Waals surface area contributed by atoms with Crippen LogP contribution in [0.15, 0.2) is 12.1 Å². The van der Waals surface area contributed by atoms with Gasteiger partial charge in [0, 0.05) is 0 Å². The molecule has 0 spiro atoms. The number of carbonyl (C=O) groups is 1. The van der Waals surface area contributed by atoms with Crippen LogP contribution < -0.4 is 10.9 Å². The summed E-state index contributed by atoms with van der Waals surface area (Å²) in [7, 11) is 1.60. The number of ether oxygens (including phenoxy) is 2. The molecule has 0 heterocycles. The third kappa shape index (κ3) is 10.1. The molecule has 3 N–H and O–H groups in total. The smallest absolute Gasteiger partial charge is 0.341 e. The van der Waals surface area contributed by atoms with Gasteiger partial charge >= 0.3 is 5.97 Å². The number of unbranched alkanes of at least 4 members (excludes halogenated alkanes) is 11. The van der Waals surface area contributed by atoms with Gasteiger partial charge in [-0.05, 0) is 37.5 Å². The highest BCUT2D eigenvalue weighted by molar-refractivity contribution is 5.93. The number of benzene rings is 1. The Balaban J connectivity index is 0.00000729. The van der Waals surface area contributed by atoms with Crippen LogP contribution >= 0.6 is 0 Å². The summed E-state index contributed by atoms with van der Waals surface area (Å²) in [5.74, 6) is 0.354. The second-order valence-corrected chi connectivity index (χ2v) is 7.61. The van der Waals surface area contributed by atoms with Crippen molar-refractivity contribution < 1.29 is 14.3 Å². The fourth-order valence-electron chi connectivity index (χ4n) is 3.40. The van der Waals surface area contributed by atoms with E-state index in [1.807, 2.05) is 19.9 Å². The molecule has 162 valence electrons. The summed E-state index contributed by atoms with van der Waals surface area (Å²) < 4.78 is 10.8. The van der Waals surface area contributed by atoms with Gasteiger partial charge in [0.15, 0.2) is 0 Å². The molecule has 28 heavy (non-hydrogen) atoms. The molecule has 0 aromatic heterocycles. The van der Waals surface area contributed by atoms with Crippen molar-refractivity contribution in [1.82, 2.24) is 6.15 Å². The first-order valence-corrected chi connectivity index (χ1v) is 10.9. The monoisotopic (exact) mass is 393 g/mol. The topological polar surface area (TPSA) is 70.5 Å². The van der Waals surface area contributed by atoms with E-state index >= 15 is 0 Å². The van der Waals surface area contributed by atoms with Crippen molar-refractivity contribution in [2.24, 2.45) is 0 Å². The van der Waals surface area contributed by atoms with Gasteiger partial charge in [-0.1, -0.05) is 83.6 Å². The maximum Gasteiger partial charge on any atom is 0.341 e. The number of rotatable bonds is 15. The summed E-state index contributed by atoms with van der Waals surface area (Å²) in [5, 5.41) is 0. The van der Waals surface area contributed by atoms with Gasteiger partial charge in [0.05, 0.1) is 13.7 Å². The zero-order valence-corrected chi connectivity index (χ0v) is 18.8. The molecule has 0 aliphatic rings. The summed E-state index contributed by atoms with van der Waals surface area (Å²) in [6.07, 6.45) is 15.6. The van der Waals surface area contributed by atoms with Crippen LogP contribution in [0.3, 0.4) is 0 Å². The zero-order valence-electron chi connectivity index (χ0n) is 18.8. The number of methoxy groups -OCH3 is 1. The number of hydrogen-bond donors (Lipinski definition) is 1. The maximum atomic E-state index is 12.3. The molecule has 1 aromatic carbocycles. The molecule has 0 saturated heterocycles. The average Bonchev–Trinajstić information content (AvgIpc) is 2.67. The first-order chi connectivity index (χ1) is 13.1. The summed E-state index contributed by atoms with van der Waals surface area (Å²) in [6.45, 7) is 6.74. The first kappa shape index (κ1) is 26.4. The fourth-order valence-corrected chi connectivity index (χ4v) is 3.40. The first-order valence-electron chi connectivity index (χ1n) is 10.9. The lowest BCUT2D eigenvalue weighted by atomic mass is 10.0. The minimum absolute atomic E-state index is 0. The van der Waals surface area contributed by atoms with Crippen molar-refractivity contribution in [1.29, 1.82) is 0 Å². The minimum atomic E-state index is -0.280. The molecule has 0 radical (unpaired) electrons. The Morgan fingerprint density at radius 2 is 1.32 bits per heavy atom. The lowest BCUT2D eigenvalue weighted by Gasteiger charge is -2.13. The molecule has 0 aliphatic heterocycles. The molecule has 4 nitrogen and oxygen atoms in total. The van der Waals surface area contributed by atoms with Crippen LogP contribution in [-0.4, -0.2) is 19.7 Å². The Kier molecular flexibility index (Phi) is 15.5. The van der Waals surface area contributed by atoms with E-state index in [9.17, 15) is 4.79 Å². The summed E-state index contributed by atoms with van der Waals surface area (Å²) >= 11 is 0. The quantitative estimate of drug-likeness (QED) is 0.250. The summed E-state index contributed by atoms with van der Waals surface area (Å²) in [6, 6.07) is 3.74. The van der Waals surface area contributed by atoms with Crippen molar-refractivity contribution in [2.75, 3.05) is 13.7 Å². The predicted molar refractivity (Wildman–Crippen MR) is 119 cm³/mol. The van der Waals surface area contributed by atoms with Gasteiger partial charge in [0.25, 0.3) is 0 Å². The molecular formula is C24H43NO3. The highest BCUT2D eigenvalue weighted by Gasteiger charge is 2.16. The summed E-state index contributed by atoms with van der Waals surface area (Å²) in [5.41, 5.74) is 2.64. The van der Waals surface area contributed by atoms with E-state index < -0.39 is 0 Å². The van der Waals surface area contributed by atoms with Crippen LogP contribution in [0.4, 0.5) is 0 Å². The Bertz CT molecular complexity index is 543. The highest BCUT2D eigenvalue weighted by atomic mass is 16.5. The van der Waals surface area contributed by atoms with E-state index in [4.69, 9.17) is 9.47 Å². The fraction of sp³-hybridized carbons (Fsp3) is 0.708. The van der Waals surface area contributed by atoms with Crippen LogP contribution in [0.2, 0.25) is 0 Å². The lowest BCUT2D eigenvalue weighted by Crippen LogP contribution is -2.09. The second kappa shape index (κ2) is 16.4. The molecule has 0 atom stereocenters. The largest absolute Gasteiger partial charge is 0.496 e. The molecule has 0 bridgehead atoms. The molecule has 0 aliphatic carbocycles. The van der Waals surface area contributed by atoms with Crippen LogP contribution in [0.5, 0.6) is 5.75 Å². The number of carbonyl (C=O) groups excluding carboxylic acids is 1. The molecule has 1 aromatic rings. The number of hydrogen-bond acceptors (Lipinski definition) is 4. The van der Waals surface area contributed by atoms with Gasteiger partial charge in [-0.15, -0.1) is 0 Å². The Hall–Kier alpha value is -1.55. The van der Waals surface area contributed by atoms with Crippen LogP contribution in [0, 0.1) is 13.8 Å². The van der Waals surface area contributed by atoms with Crippen molar-refractivity contribution in [3.05, 3.63) is 28.8 Å². The molecule has 0 saturated carbocycles. The number of esters is 1. The van der Waals surface area contributed by atoms with Crippen molar-refractivity contribution in [2.45, 2.75) is 97.8 Å². The number of aryl methyl sites for hydroxylation is 1. The van der Waals surface area contributed by atoms with Gasteiger partial charge in [-0.25, -0.2) is 4.79 Å².